The molecule has 1 fully saturated rings. The zero-order valence-electron chi connectivity index (χ0n) is 9.74. The van der Waals surface area contributed by atoms with Crippen molar-refractivity contribution >= 4 is 5.69 Å². The molecule has 0 spiro atoms. The van der Waals surface area contributed by atoms with E-state index in [1.807, 2.05) is 6.92 Å². The van der Waals surface area contributed by atoms with Gasteiger partial charge in [-0.05, 0) is 31.2 Å². The minimum Gasteiger partial charge on any atom is -0.378 e. The highest BCUT2D eigenvalue weighted by molar-refractivity contribution is 5.47. The summed E-state index contributed by atoms with van der Waals surface area (Å²) in [7, 11) is 0. The molecular weight excluding hydrogens is 219 g/mol. The summed E-state index contributed by atoms with van der Waals surface area (Å²) in [6, 6.07) is 8.39. The van der Waals surface area contributed by atoms with E-state index in [0.717, 1.165) is 5.69 Å². The molecule has 0 radical (unpaired) electrons. The van der Waals surface area contributed by atoms with Gasteiger partial charge in [0.05, 0.1) is 18.8 Å². The minimum atomic E-state index is -0.602. The summed E-state index contributed by atoms with van der Waals surface area (Å²) < 4.78 is 18.2. The van der Waals surface area contributed by atoms with Gasteiger partial charge < -0.3 is 10.1 Å². The zero-order chi connectivity index (χ0) is 12.3. The second-order valence-electron chi connectivity index (χ2n) is 4.46. The first-order chi connectivity index (χ1) is 8.13. The van der Waals surface area contributed by atoms with Crippen molar-refractivity contribution in [1.29, 1.82) is 5.26 Å². The molecule has 17 heavy (non-hydrogen) atoms. The van der Waals surface area contributed by atoms with Gasteiger partial charge in [-0.2, -0.15) is 5.26 Å². The number of hydrogen-bond donors (Lipinski definition) is 1. The topological polar surface area (TPSA) is 45.0 Å². The molecule has 1 saturated heterocycles. The normalized spacial score (nSPS) is 28.4. The summed E-state index contributed by atoms with van der Waals surface area (Å²) in [4.78, 5) is 0. The van der Waals surface area contributed by atoms with Gasteiger partial charge in [0.1, 0.15) is 11.4 Å². The van der Waals surface area contributed by atoms with Crippen molar-refractivity contribution in [3.63, 3.8) is 0 Å². The molecule has 1 aliphatic heterocycles. The number of nitrogens with zero attached hydrogens (tertiary/aromatic N) is 1. The Morgan fingerprint density at radius 2 is 2.18 bits per heavy atom. The van der Waals surface area contributed by atoms with Gasteiger partial charge in [-0.25, -0.2) is 4.39 Å². The molecule has 1 aromatic carbocycles. The quantitative estimate of drug-likeness (QED) is 0.855. The fraction of sp³-hybridized carbons (Fsp3) is 0.462. The van der Waals surface area contributed by atoms with E-state index in [-0.39, 0.29) is 11.9 Å². The number of ether oxygens (including phenoxy) is 1. The van der Waals surface area contributed by atoms with Crippen LogP contribution < -0.4 is 5.32 Å². The maximum absolute atomic E-state index is 12.8. The second-order valence-corrected chi connectivity index (χ2v) is 4.46. The molecule has 0 aliphatic carbocycles. The van der Waals surface area contributed by atoms with Crippen LogP contribution >= 0.6 is 0 Å². The predicted octanol–water partition coefficient (Wildman–Crippen LogP) is 2.70. The van der Waals surface area contributed by atoms with Gasteiger partial charge >= 0.3 is 0 Å². The standard InChI is InChI=1S/C13H15FN2O/c1-10-8-13(9-15,6-7-17-10)16-12-4-2-11(14)3-5-12/h2-5,10,16H,6-8H2,1H3. The smallest absolute Gasteiger partial charge is 0.130 e. The van der Waals surface area contributed by atoms with Crippen LogP contribution in [0.25, 0.3) is 0 Å². The number of nitriles is 1. The molecule has 1 N–H and O–H groups in total. The third kappa shape index (κ3) is 2.75. The lowest BCUT2D eigenvalue weighted by atomic mass is 9.88. The van der Waals surface area contributed by atoms with Gasteiger partial charge in [-0.1, -0.05) is 0 Å². The van der Waals surface area contributed by atoms with E-state index in [9.17, 15) is 9.65 Å². The monoisotopic (exact) mass is 234 g/mol. The lowest BCUT2D eigenvalue weighted by molar-refractivity contribution is 0.0103. The van der Waals surface area contributed by atoms with Gasteiger partial charge in [-0.15, -0.1) is 0 Å². The van der Waals surface area contributed by atoms with Gasteiger partial charge in [-0.3, -0.25) is 0 Å². The van der Waals surface area contributed by atoms with Crippen LogP contribution in [0.3, 0.4) is 0 Å². The van der Waals surface area contributed by atoms with E-state index in [4.69, 9.17) is 4.74 Å². The van der Waals surface area contributed by atoms with Crippen molar-refractivity contribution in [3.05, 3.63) is 30.1 Å². The Morgan fingerprint density at radius 1 is 1.47 bits per heavy atom. The van der Waals surface area contributed by atoms with Crippen molar-refractivity contribution in [1.82, 2.24) is 0 Å². The summed E-state index contributed by atoms with van der Waals surface area (Å²) in [5.74, 6) is -0.276. The molecule has 1 aromatic rings. The molecule has 0 saturated carbocycles. The summed E-state index contributed by atoms with van der Waals surface area (Å²) in [6.07, 6.45) is 1.35. The van der Waals surface area contributed by atoms with E-state index in [0.29, 0.717) is 19.4 Å². The van der Waals surface area contributed by atoms with Crippen LogP contribution in [0.4, 0.5) is 10.1 Å². The molecule has 0 amide bonds. The first kappa shape index (κ1) is 11.9. The highest BCUT2D eigenvalue weighted by atomic mass is 19.1. The summed E-state index contributed by atoms with van der Waals surface area (Å²) in [5.41, 5.74) is 0.164. The molecule has 0 bridgehead atoms. The predicted molar refractivity (Wildman–Crippen MR) is 63.0 cm³/mol. The average Bonchev–Trinajstić information content (AvgIpc) is 2.32. The van der Waals surface area contributed by atoms with Crippen LogP contribution in [0.5, 0.6) is 0 Å². The Kier molecular flexibility index (Phi) is 3.30. The molecular formula is C13H15FN2O. The van der Waals surface area contributed by atoms with Crippen molar-refractivity contribution in [2.75, 3.05) is 11.9 Å². The van der Waals surface area contributed by atoms with Crippen molar-refractivity contribution in [2.45, 2.75) is 31.4 Å². The van der Waals surface area contributed by atoms with Crippen LogP contribution in [-0.4, -0.2) is 18.2 Å². The van der Waals surface area contributed by atoms with Gasteiger partial charge in [0, 0.05) is 18.5 Å². The minimum absolute atomic E-state index is 0.0661. The van der Waals surface area contributed by atoms with Crippen LogP contribution in [0.2, 0.25) is 0 Å². The SMILES string of the molecule is CC1CC(C#N)(Nc2ccc(F)cc2)CCO1. The molecule has 1 heterocycles. The molecule has 2 atom stereocenters. The van der Waals surface area contributed by atoms with E-state index in [1.165, 1.54) is 12.1 Å². The molecule has 2 rings (SSSR count). The Morgan fingerprint density at radius 3 is 2.76 bits per heavy atom. The van der Waals surface area contributed by atoms with Crippen LogP contribution in [0.15, 0.2) is 24.3 Å². The maximum Gasteiger partial charge on any atom is 0.130 e. The summed E-state index contributed by atoms with van der Waals surface area (Å²) in [6.45, 7) is 2.53. The van der Waals surface area contributed by atoms with Gasteiger partial charge in [0.15, 0.2) is 0 Å². The summed E-state index contributed by atoms with van der Waals surface area (Å²) in [5, 5.41) is 12.5. The molecule has 1 aliphatic rings. The number of rotatable bonds is 2. The molecule has 4 heteroatoms. The molecule has 0 aromatic heterocycles. The van der Waals surface area contributed by atoms with Crippen molar-refractivity contribution in [2.24, 2.45) is 0 Å². The molecule has 90 valence electrons. The fourth-order valence-corrected chi connectivity index (χ4v) is 2.14. The number of halogens is 1. The van der Waals surface area contributed by atoms with Crippen molar-refractivity contribution < 1.29 is 9.13 Å². The van der Waals surface area contributed by atoms with E-state index in [1.54, 1.807) is 12.1 Å². The third-order valence-electron chi connectivity index (χ3n) is 3.01. The number of nitrogens with one attached hydrogen (secondary N) is 1. The number of benzene rings is 1. The first-order valence-electron chi connectivity index (χ1n) is 5.70. The zero-order valence-corrected chi connectivity index (χ0v) is 9.74. The maximum atomic E-state index is 12.8. The molecule has 2 unspecified atom stereocenters. The lowest BCUT2D eigenvalue weighted by Crippen LogP contribution is -2.45. The van der Waals surface area contributed by atoms with Crippen LogP contribution in [0, 0.1) is 17.1 Å². The van der Waals surface area contributed by atoms with E-state index < -0.39 is 5.54 Å². The Labute approximate surface area is 100 Å². The Bertz CT molecular complexity index is 426. The average molecular weight is 234 g/mol. The van der Waals surface area contributed by atoms with Gasteiger partial charge in [0.2, 0.25) is 0 Å². The van der Waals surface area contributed by atoms with Crippen LogP contribution in [0.1, 0.15) is 19.8 Å². The number of hydrogen-bond acceptors (Lipinski definition) is 3. The largest absolute Gasteiger partial charge is 0.378 e. The summed E-state index contributed by atoms with van der Waals surface area (Å²) >= 11 is 0. The van der Waals surface area contributed by atoms with E-state index >= 15 is 0 Å². The highest BCUT2D eigenvalue weighted by Gasteiger charge is 2.35. The highest BCUT2D eigenvalue weighted by Crippen LogP contribution is 2.28. The molecule has 3 nitrogen and oxygen atoms in total. The second kappa shape index (κ2) is 4.72. The van der Waals surface area contributed by atoms with Crippen molar-refractivity contribution in [3.8, 4) is 6.07 Å². The third-order valence-corrected chi connectivity index (χ3v) is 3.01. The fourth-order valence-electron chi connectivity index (χ4n) is 2.14. The van der Waals surface area contributed by atoms with E-state index in [2.05, 4.69) is 11.4 Å². The lowest BCUT2D eigenvalue weighted by Gasteiger charge is -2.35. The number of anilines is 1. The van der Waals surface area contributed by atoms with Gasteiger partial charge in [0.25, 0.3) is 0 Å². The van der Waals surface area contributed by atoms with Crippen LogP contribution in [-0.2, 0) is 4.74 Å². The Balaban J connectivity index is 2.14. The Hall–Kier alpha value is -1.60. The first-order valence-corrected chi connectivity index (χ1v) is 5.70.